The molecule has 0 bridgehead atoms. The van der Waals surface area contributed by atoms with E-state index in [4.69, 9.17) is 4.74 Å². The van der Waals surface area contributed by atoms with Crippen LogP contribution in [0.2, 0.25) is 0 Å². The fourth-order valence-electron chi connectivity index (χ4n) is 2.88. The molecule has 0 aliphatic carbocycles. The van der Waals surface area contributed by atoms with Crippen LogP contribution in [0, 0.1) is 0 Å². The summed E-state index contributed by atoms with van der Waals surface area (Å²) in [5, 5.41) is 7.18. The molecule has 26 heavy (non-hydrogen) atoms. The molecule has 144 valence electrons. The Labute approximate surface area is 149 Å². The smallest absolute Gasteiger partial charge is 0.318 e. The molecule has 0 aromatic carbocycles. The molecule has 1 saturated heterocycles. The molecule has 2 amide bonds. The first kappa shape index (κ1) is 18.8. The Kier molecular flexibility index (Phi) is 5.06. The molecule has 1 atom stereocenters. The molecule has 12 heteroatoms. The first-order valence-corrected chi connectivity index (χ1v) is 8.57. The molecule has 2 aromatic heterocycles. The third-order valence-electron chi connectivity index (χ3n) is 3.84. The average molecular weight is 395 g/mol. The van der Waals surface area contributed by atoms with Gasteiger partial charge in [-0.05, 0) is 6.92 Å². The number of nitrogens with one attached hydrogen (secondary N) is 1. The van der Waals surface area contributed by atoms with E-state index in [1.165, 1.54) is 16.5 Å². The second-order valence-corrected chi connectivity index (χ2v) is 7.21. The van der Waals surface area contributed by atoms with Gasteiger partial charge in [0.25, 0.3) is 6.43 Å². The zero-order valence-corrected chi connectivity index (χ0v) is 14.8. The number of carbonyl (C=O) groups is 1. The van der Waals surface area contributed by atoms with E-state index in [-0.39, 0.29) is 30.4 Å². The van der Waals surface area contributed by atoms with Gasteiger partial charge < -0.3 is 15.0 Å². The van der Waals surface area contributed by atoms with Gasteiger partial charge in [0.1, 0.15) is 10.7 Å². The molecular weight excluding hydrogens is 378 g/mol. The summed E-state index contributed by atoms with van der Waals surface area (Å²) < 4.78 is 59.2. The Balaban J connectivity index is 1.85. The molecule has 7 nitrogen and oxygen atoms in total. The lowest BCUT2D eigenvalue weighted by atomic mass is 10.1. The van der Waals surface area contributed by atoms with Crippen molar-refractivity contribution < 1.29 is 27.1 Å². The number of hydrogen-bond donors (Lipinski definition) is 1. The van der Waals surface area contributed by atoms with Crippen LogP contribution in [0.5, 0.6) is 0 Å². The normalized spacial score (nSPS) is 18.3. The fraction of sp³-hybridized carbons (Fsp3) is 0.643. The first-order chi connectivity index (χ1) is 12.2. The van der Waals surface area contributed by atoms with E-state index in [1.807, 2.05) is 0 Å². The van der Waals surface area contributed by atoms with Gasteiger partial charge in [-0.25, -0.2) is 31.9 Å². The van der Waals surface area contributed by atoms with Gasteiger partial charge in [-0.1, -0.05) is 11.3 Å². The van der Waals surface area contributed by atoms with Crippen molar-refractivity contribution in [3.63, 3.8) is 0 Å². The minimum atomic E-state index is -2.93. The van der Waals surface area contributed by atoms with Crippen LogP contribution in [0.4, 0.5) is 22.4 Å². The number of fused-ring (bicyclic) bond motifs is 1. The van der Waals surface area contributed by atoms with Crippen LogP contribution in [0.25, 0.3) is 4.96 Å². The van der Waals surface area contributed by atoms with Gasteiger partial charge >= 0.3 is 6.03 Å². The van der Waals surface area contributed by atoms with Crippen molar-refractivity contribution in [1.82, 2.24) is 24.8 Å². The second kappa shape index (κ2) is 6.99. The average Bonchev–Trinajstić information content (AvgIpc) is 3.13. The standard InChI is InChI=1S/C14H17F4N5O2S/c1-14(17,18)3-7-4-22(12(24)19-7)5-8-10(11(15)16)20-13-23(8)21-9(26-13)6-25-2/h7,11H,3-6H2,1-2H3,(H,19,24). The molecule has 1 aliphatic heterocycles. The van der Waals surface area contributed by atoms with Gasteiger partial charge in [0.2, 0.25) is 10.9 Å². The highest BCUT2D eigenvalue weighted by molar-refractivity contribution is 7.16. The molecule has 1 unspecified atom stereocenters. The highest BCUT2D eigenvalue weighted by Gasteiger charge is 2.36. The van der Waals surface area contributed by atoms with E-state index >= 15 is 0 Å². The monoisotopic (exact) mass is 395 g/mol. The van der Waals surface area contributed by atoms with E-state index in [9.17, 15) is 22.4 Å². The number of nitrogens with zero attached hydrogens (tertiary/aromatic N) is 4. The number of methoxy groups -OCH3 is 1. The van der Waals surface area contributed by atoms with Gasteiger partial charge in [0.15, 0.2) is 0 Å². The summed E-state index contributed by atoms with van der Waals surface area (Å²) >= 11 is 1.11. The molecule has 3 heterocycles. The quantitative estimate of drug-likeness (QED) is 0.732. The van der Waals surface area contributed by atoms with Crippen LogP contribution in [0.3, 0.4) is 0 Å². The summed E-state index contributed by atoms with van der Waals surface area (Å²) in [4.78, 5) is 17.4. The SMILES string of the molecule is COCc1nn2c(CN3CC(CC(C)(F)F)NC3=O)c(C(F)F)nc2s1. The maximum absolute atomic E-state index is 13.3. The Hall–Kier alpha value is -1.95. The van der Waals surface area contributed by atoms with E-state index in [0.29, 0.717) is 5.01 Å². The van der Waals surface area contributed by atoms with Crippen molar-refractivity contribution in [2.24, 2.45) is 0 Å². The predicted molar refractivity (Wildman–Crippen MR) is 84.5 cm³/mol. The summed E-state index contributed by atoms with van der Waals surface area (Å²) in [6, 6.07) is -1.33. The third-order valence-corrected chi connectivity index (χ3v) is 4.73. The summed E-state index contributed by atoms with van der Waals surface area (Å²) in [6.45, 7) is 0.765. The number of urea groups is 1. The van der Waals surface area contributed by atoms with Gasteiger partial charge in [-0.3, -0.25) is 0 Å². The van der Waals surface area contributed by atoms with Gasteiger partial charge in [-0.2, -0.15) is 5.10 Å². The summed E-state index contributed by atoms with van der Waals surface area (Å²) in [7, 11) is 1.48. The fourth-order valence-corrected chi connectivity index (χ4v) is 3.77. The molecule has 0 saturated carbocycles. The van der Waals surface area contributed by atoms with E-state index in [2.05, 4.69) is 15.4 Å². The lowest BCUT2D eigenvalue weighted by molar-refractivity contribution is 0.00505. The summed E-state index contributed by atoms with van der Waals surface area (Å²) in [6.07, 6.45) is -3.36. The maximum atomic E-state index is 13.3. The van der Waals surface area contributed by atoms with E-state index in [1.54, 1.807) is 0 Å². The number of carbonyl (C=O) groups excluding carboxylic acids is 1. The number of imidazole rings is 1. The van der Waals surface area contributed by atoms with Crippen LogP contribution >= 0.6 is 11.3 Å². The first-order valence-electron chi connectivity index (χ1n) is 7.75. The number of halogens is 4. The molecule has 1 fully saturated rings. The summed E-state index contributed by atoms with van der Waals surface area (Å²) in [5.41, 5.74) is -0.405. The Morgan fingerprint density at radius 1 is 1.46 bits per heavy atom. The maximum Gasteiger partial charge on any atom is 0.318 e. The van der Waals surface area contributed by atoms with Crippen LogP contribution in [-0.4, -0.2) is 51.1 Å². The van der Waals surface area contributed by atoms with Crippen LogP contribution < -0.4 is 5.32 Å². The topological polar surface area (TPSA) is 71.8 Å². The van der Waals surface area contributed by atoms with Crippen LogP contribution in [0.1, 0.15) is 36.2 Å². The lowest BCUT2D eigenvalue weighted by Gasteiger charge is -2.16. The molecule has 2 aromatic rings. The minimum Gasteiger partial charge on any atom is -0.377 e. The Morgan fingerprint density at radius 2 is 2.19 bits per heavy atom. The van der Waals surface area contributed by atoms with E-state index in [0.717, 1.165) is 18.3 Å². The number of alkyl halides is 4. The molecule has 0 radical (unpaired) electrons. The molecular formula is C14H17F4N5O2S. The van der Waals surface area contributed by atoms with Gasteiger partial charge in [0, 0.05) is 20.1 Å². The number of amides is 2. The molecule has 3 rings (SSSR count). The van der Waals surface area contributed by atoms with Crippen molar-refractivity contribution in [3.8, 4) is 0 Å². The van der Waals surface area contributed by atoms with Crippen molar-refractivity contribution >= 4 is 22.3 Å². The number of ether oxygens (including phenoxy) is 1. The number of rotatable bonds is 7. The largest absolute Gasteiger partial charge is 0.377 e. The van der Waals surface area contributed by atoms with Crippen molar-refractivity contribution in [2.75, 3.05) is 13.7 Å². The highest BCUT2D eigenvalue weighted by atomic mass is 32.1. The van der Waals surface area contributed by atoms with Crippen molar-refractivity contribution in [3.05, 3.63) is 16.4 Å². The molecule has 1 aliphatic rings. The number of aromatic nitrogens is 3. The van der Waals surface area contributed by atoms with Crippen LogP contribution in [-0.2, 0) is 17.9 Å². The Bertz CT molecular complexity index is 803. The zero-order valence-electron chi connectivity index (χ0n) is 14.0. The molecule has 0 spiro atoms. The molecule has 1 N–H and O–H groups in total. The van der Waals surface area contributed by atoms with Crippen LogP contribution in [0.15, 0.2) is 0 Å². The van der Waals surface area contributed by atoms with Gasteiger partial charge in [-0.15, -0.1) is 0 Å². The van der Waals surface area contributed by atoms with Crippen molar-refractivity contribution in [1.29, 1.82) is 0 Å². The third kappa shape index (κ3) is 3.90. The van der Waals surface area contributed by atoms with E-state index < -0.39 is 36.5 Å². The second-order valence-electron chi connectivity index (χ2n) is 6.17. The highest BCUT2D eigenvalue weighted by Crippen LogP contribution is 2.29. The summed E-state index contributed by atoms with van der Waals surface area (Å²) in [5.74, 6) is -2.93. The number of hydrogen-bond acceptors (Lipinski definition) is 5. The zero-order chi connectivity index (χ0) is 19.1. The lowest BCUT2D eigenvalue weighted by Crippen LogP contribution is -2.32. The Morgan fingerprint density at radius 3 is 2.81 bits per heavy atom. The minimum absolute atomic E-state index is 0.00671. The van der Waals surface area contributed by atoms with Gasteiger partial charge in [0.05, 0.1) is 24.9 Å². The van der Waals surface area contributed by atoms with Crippen molar-refractivity contribution in [2.45, 2.75) is 44.9 Å². The predicted octanol–water partition coefficient (Wildman–Crippen LogP) is 2.81.